The Morgan fingerprint density at radius 3 is 2.54 bits per heavy atom. The van der Waals surface area contributed by atoms with Crippen molar-refractivity contribution in [3.63, 3.8) is 0 Å². The van der Waals surface area contributed by atoms with Crippen molar-refractivity contribution in [2.45, 2.75) is 32.4 Å². The van der Waals surface area contributed by atoms with Gasteiger partial charge in [-0.15, -0.1) is 0 Å². The molecule has 0 aliphatic carbocycles. The van der Waals surface area contributed by atoms with Crippen LogP contribution < -0.4 is 11.5 Å². The van der Waals surface area contributed by atoms with E-state index in [1.54, 1.807) is 6.92 Å². The summed E-state index contributed by atoms with van der Waals surface area (Å²) in [7, 11) is 0. The highest BCUT2D eigenvalue weighted by atomic mass is 16.5. The van der Waals surface area contributed by atoms with Crippen LogP contribution in [0.1, 0.15) is 25.3 Å². The molecule has 4 N–H and O–H groups in total. The molecule has 1 aromatic rings. The third-order valence-corrected chi connectivity index (χ3v) is 4.33. The summed E-state index contributed by atoms with van der Waals surface area (Å²) in [5, 5.41) is 0. The van der Waals surface area contributed by atoms with Crippen molar-refractivity contribution in [2.24, 2.45) is 16.9 Å². The molecule has 0 radical (unpaired) electrons. The first kappa shape index (κ1) is 17.9. The minimum Gasteiger partial charge on any atom is -0.461 e. The molecule has 1 aliphatic rings. The standard InChI is InChI=1S/C17H23N3O4/c1-17(16(19)23)7-8-20(11-17)15(22)13(18)9-14(21)24-10-12-5-3-2-4-6-12/h2-6,13H,7-11,18H2,1H3,(H2,19,23)/t13-,17?/m0/s1. The van der Waals surface area contributed by atoms with Gasteiger partial charge in [0.25, 0.3) is 0 Å². The Morgan fingerprint density at radius 2 is 1.96 bits per heavy atom. The van der Waals surface area contributed by atoms with Crippen molar-refractivity contribution in [3.8, 4) is 0 Å². The number of amides is 2. The molecule has 1 fully saturated rings. The Labute approximate surface area is 140 Å². The summed E-state index contributed by atoms with van der Waals surface area (Å²) in [4.78, 5) is 37.1. The highest BCUT2D eigenvalue weighted by molar-refractivity contribution is 5.88. The van der Waals surface area contributed by atoms with Gasteiger partial charge in [-0.1, -0.05) is 30.3 Å². The van der Waals surface area contributed by atoms with Crippen LogP contribution in [0, 0.1) is 5.41 Å². The maximum atomic E-state index is 12.3. The van der Waals surface area contributed by atoms with Crippen LogP contribution in [0.15, 0.2) is 30.3 Å². The zero-order chi connectivity index (χ0) is 17.7. The van der Waals surface area contributed by atoms with E-state index in [1.807, 2.05) is 30.3 Å². The lowest BCUT2D eigenvalue weighted by atomic mass is 9.89. The second-order valence-corrected chi connectivity index (χ2v) is 6.39. The maximum Gasteiger partial charge on any atom is 0.308 e. The van der Waals surface area contributed by atoms with Crippen LogP contribution in [0.3, 0.4) is 0 Å². The zero-order valence-corrected chi connectivity index (χ0v) is 13.7. The lowest BCUT2D eigenvalue weighted by Gasteiger charge is -2.23. The fraction of sp³-hybridized carbons (Fsp3) is 0.471. The average molecular weight is 333 g/mol. The Morgan fingerprint density at radius 1 is 1.29 bits per heavy atom. The summed E-state index contributed by atoms with van der Waals surface area (Å²) in [5.41, 5.74) is 11.3. The van der Waals surface area contributed by atoms with Crippen molar-refractivity contribution >= 4 is 17.8 Å². The molecule has 2 rings (SSSR count). The van der Waals surface area contributed by atoms with Crippen molar-refractivity contribution in [1.29, 1.82) is 0 Å². The zero-order valence-electron chi connectivity index (χ0n) is 13.7. The molecular formula is C17H23N3O4. The molecule has 0 bridgehead atoms. The first-order valence-corrected chi connectivity index (χ1v) is 7.86. The quantitative estimate of drug-likeness (QED) is 0.720. The summed E-state index contributed by atoms with van der Waals surface area (Å²) in [6, 6.07) is 8.27. The van der Waals surface area contributed by atoms with Gasteiger partial charge in [-0.25, -0.2) is 0 Å². The van der Waals surface area contributed by atoms with Gasteiger partial charge >= 0.3 is 5.97 Å². The fourth-order valence-corrected chi connectivity index (χ4v) is 2.65. The van der Waals surface area contributed by atoms with Gasteiger partial charge in [0.1, 0.15) is 6.61 Å². The van der Waals surface area contributed by atoms with E-state index < -0.39 is 23.3 Å². The maximum absolute atomic E-state index is 12.3. The van der Waals surface area contributed by atoms with Crippen molar-refractivity contribution in [3.05, 3.63) is 35.9 Å². The summed E-state index contributed by atoms with van der Waals surface area (Å²) < 4.78 is 5.13. The molecular weight excluding hydrogens is 310 g/mol. The van der Waals surface area contributed by atoms with Gasteiger partial charge < -0.3 is 21.1 Å². The normalized spacial score (nSPS) is 21.3. The van der Waals surface area contributed by atoms with Gasteiger partial charge in [0, 0.05) is 13.1 Å². The molecule has 24 heavy (non-hydrogen) atoms. The molecule has 0 spiro atoms. The number of nitrogens with two attached hydrogens (primary N) is 2. The number of hydrogen-bond donors (Lipinski definition) is 2. The Hall–Kier alpha value is -2.41. The predicted molar refractivity (Wildman–Crippen MR) is 87.3 cm³/mol. The van der Waals surface area contributed by atoms with Gasteiger partial charge in [0.05, 0.1) is 17.9 Å². The lowest BCUT2D eigenvalue weighted by molar-refractivity contribution is -0.148. The van der Waals surface area contributed by atoms with E-state index in [1.165, 1.54) is 4.90 Å². The predicted octanol–water partition coefficient (Wildman–Crippen LogP) is 0.171. The number of likely N-dealkylation sites (tertiary alicyclic amines) is 1. The number of ether oxygens (including phenoxy) is 1. The topological polar surface area (TPSA) is 116 Å². The number of benzene rings is 1. The summed E-state index contributed by atoms with van der Waals surface area (Å²) in [6.45, 7) is 2.51. The summed E-state index contributed by atoms with van der Waals surface area (Å²) >= 11 is 0. The van der Waals surface area contributed by atoms with Crippen LogP contribution in [0.4, 0.5) is 0 Å². The minimum absolute atomic E-state index is 0.143. The van der Waals surface area contributed by atoms with Crippen LogP contribution in [-0.2, 0) is 25.7 Å². The van der Waals surface area contributed by atoms with E-state index in [4.69, 9.17) is 16.2 Å². The molecule has 2 amide bonds. The Bertz CT molecular complexity index is 620. The van der Waals surface area contributed by atoms with E-state index in [0.29, 0.717) is 13.0 Å². The van der Waals surface area contributed by atoms with Gasteiger partial charge in [-0.2, -0.15) is 0 Å². The number of rotatable bonds is 6. The van der Waals surface area contributed by atoms with Crippen LogP contribution in [0.2, 0.25) is 0 Å². The second kappa shape index (κ2) is 7.44. The molecule has 130 valence electrons. The molecule has 1 saturated heterocycles. The third-order valence-electron chi connectivity index (χ3n) is 4.33. The molecule has 1 unspecified atom stereocenters. The highest BCUT2D eigenvalue weighted by Gasteiger charge is 2.41. The van der Waals surface area contributed by atoms with E-state index in [9.17, 15) is 14.4 Å². The van der Waals surface area contributed by atoms with Gasteiger partial charge in [0.15, 0.2) is 0 Å². The largest absolute Gasteiger partial charge is 0.461 e. The highest BCUT2D eigenvalue weighted by Crippen LogP contribution is 2.29. The van der Waals surface area contributed by atoms with Gasteiger partial charge in [-0.05, 0) is 18.9 Å². The number of nitrogens with zero attached hydrogens (tertiary/aromatic N) is 1. The van der Waals surface area contributed by atoms with Gasteiger partial charge in [0.2, 0.25) is 11.8 Å². The average Bonchev–Trinajstić information content (AvgIpc) is 2.97. The van der Waals surface area contributed by atoms with E-state index in [2.05, 4.69) is 0 Å². The lowest BCUT2D eigenvalue weighted by Crippen LogP contribution is -2.46. The van der Waals surface area contributed by atoms with Gasteiger partial charge in [-0.3, -0.25) is 14.4 Å². The van der Waals surface area contributed by atoms with E-state index in [0.717, 1.165) is 5.56 Å². The molecule has 1 aliphatic heterocycles. The Balaban J connectivity index is 1.81. The van der Waals surface area contributed by atoms with Crippen molar-refractivity contribution in [1.82, 2.24) is 4.90 Å². The minimum atomic E-state index is -0.983. The number of carbonyl (C=O) groups excluding carboxylic acids is 3. The van der Waals surface area contributed by atoms with Crippen molar-refractivity contribution < 1.29 is 19.1 Å². The molecule has 0 aromatic heterocycles. The molecule has 7 heteroatoms. The number of primary amides is 1. The van der Waals surface area contributed by atoms with Crippen LogP contribution in [-0.4, -0.2) is 41.8 Å². The van der Waals surface area contributed by atoms with Crippen LogP contribution >= 0.6 is 0 Å². The smallest absolute Gasteiger partial charge is 0.308 e. The molecule has 0 saturated carbocycles. The van der Waals surface area contributed by atoms with Crippen molar-refractivity contribution in [2.75, 3.05) is 13.1 Å². The summed E-state index contributed by atoms with van der Waals surface area (Å²) in [6.07, 6.45) is 0.300. The van der Waals surface area contributed by atoms with E-state index >= 15 is 0 Å². The number of carbonyl (C=O) groups is 3. The molecule has 2 atom stereocenters. The first-order valence-electron chi connectivity index (χ1n) is 7.86. The first-order chi connectivity index (χ1) is 11.3. The molecule has 1 aromatic carbocycles. The monoisotopic (exact) mass is 333 g/mol. The number of esters is 1. The fourth-order valence-electron chi connectivity index (χ4n) is 2.65. The third kappa shape index (κ3) is 4.32. The van der Waals surface area contributed by atoms with E-state index in [-0.39, 0.29) is 25.5 Å². The Kier molecular flexibility index (Phi) is 5.56. The molecule has 1 heterocycles. The SMILES string of the molecule is CC1(C(N)=O)CCN(C(=O)[C@@H](N)CC(=O)OCc2ccccc2)C1. The second-order valence-electron chi connectivity index (χ2n) is 6.39. The number of hydrogen-bond acceptors (Lipinski definition) is 5. The molecule has 7 nitrogen and oxygen atoms in total. The van der Waals surface area contributed by atoms with Crippen LogP contribution in [0.5, 0.6) is 0 Å². The summed E-state index contributed by atoms with van der Waals surface area (Å²) in [5.74, 6) is -1.33. The van der Waals surface area contributed by atoms with Crippen LogP contribution in [0.25, 0.3) is 0 Å².